The lowest BCUT2D eigenvalue weighted by Crippen LogP contribution is -2.33. The van der Waals surface area contributed by atoms with Gasteiger partial charge in [-0.2, -0.15) is 0 Å². The highest BCUT2D eigenvalue weighted by Crippen LogP contribution is 2.34. The summed E-state index contributed by atoms with van der Waals surface area (Å²) in [4.78, 5) is 22.7. The number of hydrogen-bond donors (Lipinski definition) is 2. The Morgan fingerprint density at radius 2 is 1.21 bits per heavy atom. The molecule has 0 unspecified atom stereocenters. The fraction of sp³-hybridized carbons (Fsp3) is 0.300. The molecule has 0 aliphatic carbocycles. The Morgan fingerprint density at radius 1 is 0.833 bits per heavy atom. The third kappa shape index (κ3) is 4.95. The van der Waals surface area contributed by atoms with E-state index in [2.05, 4.69) is 0 Å². The van der Waals surface area contributed by atoms with Crippen molar-refractivity contribution in [2.75, 3.05) is 0 Å². The zero-order valence-corrected chi connectivity index (χ0v) is 13.7. The van der Waals surface area contributed by atoms with Gasteiger partial charge in [0.2, 0.25) is 0 Å². The summed E-state index contributed by atoms with van der Waals surface area (Å²) in [6, 6.07) is 19.5. The van der Waals surface area contributed by atoms with Crippen LogP contribution in [-0.4, -0.2) is 22.2 Å². The van der Waals surface area contributed by atoms with Gasteiger partial charge in [-0.1, -0.05) is 67.6 Å². The molecule has 2 N–H and O–H groups in total. The lowest BCUT2D eigenvalue weighted by Gasteiger charge is -2.31. The zero-order chi connectivity index (χ0) is 17.6. The van der Waals surface area contributed by atoms with Gasteiger partial charge in [-0.15, -0.1) is 0 Å². The summed E-state index contributed by atoms with van der Waals surface area (Å²) in [5.74, 6) is -3.97. The van der Waals surface area contributed by atoms with Gasteiger partial charge in [-0.05, 0) is 35.8 Å². The van der Waals surface area contributed by atoms with Crippen LogP contribution >= 0.6 is 0 Å². The average molecular weight is 326 g/mol. The highest BCUT2D eigenvalue weighted by Gasteiger charge is 2.36. The maximum Gasteiger partial charge on any atom is 0.317 e. The van der Waals surface area contributed by atoms with Gasteiger partial charge in [0.15, 0.2) is 5.92 Å². The number of rotatable bonds is 8. The molecule has 2 aromatic carbocycles. The molecule has 2 aromatic rings. The molecule has 0 radical (unpaired) electrons. The van der Waals surface area contributed by atoms with Gasteiger partial charge in [0, 0.05) is 0 Å². The van der Waals surface area contributed by atoms with Crippen LogP contribution in [0.15, 0.2) is 60.7 Å². The van der Waals surface area contributed by atoms with E-state index in [9.17, 15) is 19.8 Å². The summed E-state index contributed by atoms with van der Waals surface area (Å²) in [6.07, 6.45) is 1.33. The minimum atomic E-state index is -1.40. The van der Waals surface area contributed by atoms with Gasteiger partial charge in [0.25, 0.3) is 0 Å². The van der Waals surface area contributed by atoms with Crippen LogP contribution in [0.2, 0.25) is 0 Å². The molecule has 0 bridgehead atoms. The van der Waals surface area contributed by atoms with E-state index >= 15 is 0 Å². The second-order valence-corrected chi connectivity index (χ2v) is 6.57. The number of carbonyl (C=O) groups is 2. The summed E-state index contributed by atoms with van der Waals surface area (Å²) >= 11 is 0. The van der Waals surface area contributed by atoms with Crippen LogP contribution in [-0.2, 0) is 22.4 Å². The molecule has 0 aliphatic rings. The summed E-state index contributed by atoms with van der Waals surface area (Å²) < 4.78 is 0. The van der Waals surface area contributed by atoms with E-state index < -0.39 is 23.3 Å². The van der Waals surface area contributed by atoms with E-state index in [1.165, 1.54) is 0 Å². The fourth-order valence-corrected chi connectivity index (χ4v) is 3.16. The lowest BCUT2D eigenvalue weighted by atomic mass is 9.72. The Morgan fingerprint density at radius 3 is 1.54 bits per heavy atom. The van der Waals surface area contributed by atoms with Crippen molar-refractivity contribution in [1.29, 1.82) is 0 Å². The van der Waals surface area contributed by atoms with Crippen molar-refractivity contribution in [3.63, 3.8) is 0 Å². The first-order chi connectivity index (χ1) is 11.4. The van der Waals surface area contributed by atoms with E-state index in [1.54, 1.807) is 0 Å². The van der Waals surface area contributed by atoms with Gasteiger partial charge in [-0.25, -0.2) is 0 Å². The normalized spacial score (nSPS) is 11.4. The fourth-order valence-electron chi connectivity index (χ4n) is 3.16. The standard InChI is InChI=1S/C20H22O4/c1-20(12-15-8-4-2-5-9-15,13-16-10-6-3-7-11-16)14-17(18(21)22)19(23)24/h2-11,17H,12-14H2,1H3,(H,21,22)(H,23,24). The van der Waals surface area contributed by atoms with Crippen LogP contribution in [0, 0.1) is 11.3 Å². The molecule has 0 amide bonds. The highest BCUT2D eigenvalue weighted by atomic mass is 16.4. The summed E-state index contributed by atoms with van der Waals surface area (Å²) in [7, 11) is 0. The molecule has 0 heterocycles. The molecule has 0 aromatic heterocycles. The Hall–Kier alpha value is -2.62. The molecule has 0 saturated carbocycles. The van der Waals surface area contributed by atoms with Crippen molar-refractivity contribution in [3.8, 4) is 0 Å². The van der Waals surface area contributed by atoms with Crippen molar-refractivity contribution < 1.29 is 19.8 Å². The monoisotopic (exact) mass is 326 g/mol. The lowest BCUT2D eigenvalue weighted by molar-refractivity contribution is -0.156. The van der Waals surface area contributed by atoms with E-state index in [4.69, 9.17) is 0 Å². The van der Waals surface area contributed by atoms with Crippen LogP contribution in [0.5, 0.6) is 0 Å². The molecule has 0 aliphatic heterocycles. The van der Waals surface area contributed by atoms with Gasteiger partial charge in [-0.3, -0.25) is 9.59 Å². The first-order valence-electron chi connectivity index (χ1n) is 7.93. The SMILES string of the molecule is CC(Cc1ccccc1)(Cc1ccccc1)CC(C(=O)O)C(=O)O. The number of aliphatic carboxylic acids is 2. The first kappa shape index (κ1) is 17.7. The molecule has 4 nitrogen and oxygen atoms in total. The largest absolute Gasteiger partial charge is 0.481 e. The van der Waals surface area contributed by atoms with Crippen molar-refractivity contribution >= 4 is 11.9 Å². The summed E-state index contributed by atoms with van der Waals surface area (Å²) in [5.41, 5.74) is 1.68. The number of hydrogen-bond acceptors (Lipinski definition) is 2. The van der Waals surface area contributed by atoms with Crippen LogP contribution in [0.1, 0.15) is 24.5 Å². The average Bonchev–Trinajstić information content (AvgIpc) is 2.54. The van der Waals surface area contributed by atoms with Crippen LogP contribution in [0.4, 0.5) is 0 Å². The van der Waals surface area contributed by atoms with Crippen molar-refractivity contribution in [2.45, 2.75) is 26.2 Å². The molecule has 2 rings (SSSR count). The Bertz CT molecular complexity index is 624. The molecule has 0 fully saturated rings. The molecule has 0 spiro atoms. The van der Waals surface area contributed by atoms with Gasteiger partial charge in [0.1, 0.15) is 0 Å². The van der Waals surface area contributed by atoms with E-state index in [1.807, 2.05) is 67.6 Å². The van der Waals surface area contributed by atoms with Crippen LogP contribution in [0.25, 0.3) is 0 Å². The van der Waals surface area contributed by atoms with Crippen molar-refractivity contribution in [1.82, 2.24) is 0 Å². The smallest absolute Gasteiger partial charge is 0.317 e. The quantitative estimate of drug-likeness (QED) is 0.726. The minimum absolute atomic E-state index is 0.0848. The number of benzene rings is 2. The van der Waals surface area contributed by atoms with E-state index in [-0.39, 0.29) is 6.42 Å². The Labute approximate surface area is 141 Å². The first-order valence-corrected chi connectivity index (χ1v) is 7.93. The number of carboxylic acid groups (broad SMARTS) is 2. The Kier molecular flexibility index (Phi) is 5.74. The zero-order valence-electron chi connectivity index (χ0n) is 13.7. The molecule has 4 heteroatoms. The van der Waals surface area contributed by atoms with Crippen LogP contribution < -0.4 is 0 Å². The highest BCUT2D eigenvalue weighted by molar-refractivity contribution is 5.92. The predicted octanol–water partition coefficient (Wildman–Crippen LogP) is 3.65. The second-order valence-electron chi connectivity index (χ2n) is 6.57. The third-order valence-corrected chi connectivity index (χ3v) is 4.24. The minimum Gasteiger partial charge on any atom is -0.481 e. The Balaban J connectivity index is 2.29. The molecule has 126 valence electrons. The summed E-state index contributed by atoms with van der Waals surface area (Å²) in [5, 5.41) is 18.5. The van der Waals surface area contributed by atoms with Crippen LogP contribution in [0.3, 0.4) is 0 Å². The van der Waals surface area contributed by atoms with E-state index in [0.29, 0.717) is 12.8 Å². The topological polar surface area (TPSA) is 74.6 Å². The maximum absolute atomic E-state index is 11.3. The van der Waals surface area contributed by atoms with Crippen molar-refractivity contribution in [3.05, 3.63) is 71.8 Å². The van der Waals surface area contributed by atoms with Gasteiger partial charge >= 0.3 is 11.9 Å². The molecular weight excluding hydrogens is 304 g/mol. The molecule has 24 heavy (non-hydrogen) atoms. The van der Waals surface area contributed by atoms with E-state index in [0.717, 1.165) is 11.1 Å². The molecule has 0 saturated heterocycles. The van der Waals surface area contributed by atoms with Gasteiger partial charge < -0.3 is 10.2 Å². The summed E-state index contributed by atoms with van der Waals surface area (Å²) in [6.45, 7) is 1.96. The number of carboxylic acids is 2. The van der Waals surface area contributed by atoms with Crippen molar-refractivity contribution in [2.24, 2.45) is 11.3 Å². The predicted molar refractivity (Wildman–Crippen MR) is 91.8 cm³/mol. The maximum atomic E-state index is 11.3. The van der Waals surface area contributed by atoms with Gasteiger partial charge in [0.05, 0.1) is 0 Å². The third-order valence-electron chi connectivity index (χ3n) is 4.24. The molecule has 0 atom stereocenters. The molecular formula is C20H22O4. The second kappa shape index (κ2) is 7.77.